The Bertz CT molecular complexity index is 441. The summed E-state index contributed by atoms with van der Waals surface area (Å²) in [7, 11) is 0. The number of hydrogen-bond acceptors (Lipinski definition) is 2. The number of fused-ring (bicyclic) bond motifs is 2. The summed E-state index contributed by atoms with van der Waals surface area (Å²) in [4.78, 5) is 25.5. The molecule has 0 N–H and O–H groups in total. The third-order valence-electron chi connectivity index (χ3n) is 3.60. The Morgan fingerprint density at radius 3 is 2.56 bits per heavy atom. The second kappa shape index (κ2) is 3.44. The van der Waals surface area contributed by atoms with Crippen LogP contribution in [0.15, 0.2) is 30.3 Å². The molecule has 0 radical (unpaired) electrons. The van der Waals surface area contributed by atoms with Gasteiger partial charge in [-0.25, -0.2) is 0 Å². The van der Waals surface area contributed by atoms with Crippen LogP contribution in [0, 0.1) is 5.92 Å². The first kappa shape index (κ1) is 9.58. The maximum Gasteiger partial charge on any atom is 0.260 e. The van der Waals surface area contributed by atoms with Crippen LogP contribution < -0.4 is 0 Å². The maximum absolute atomic E-state index is 12.2. The van der Waals surface area contributed by atoms with E-state index in [1.807, 2.05) is 18.2 Å². The quantitative estimate of drug-likeness (QED) is 0.670. The van der Waals surface area contributed by atoms with Crippen molar-refractivity contribution in [3.05, 3.63) is 35.9 Å². The van der Waals surface area contributed by atoms with Crippen LogP contribution in [0.2, 0.25) is 0 Å². The second-order valence-electron chi connectivity index (χ2n) is 4.54. The first-order valence-corrected chi connectivity index (χ1v) is 5.70. The third-order valence-corrected chi connectivity index (χ3v) is 3.60. The van der Waals surface area contributed by atoms with E-state index in [9.17, 15) is 9.59 Å². The van der Waals surface area contributed by atoms with Crippen molar-refractivity contribution in [3.8, 4) is 0 Å². The number of benzene rings is 1. The van der Waals surface area contributed by atoms with E-state index in [-0.39, 0.29) is 23.8 Å². The Balaban J connectivity index is 1.89. The first-order valence-electron chi connectivity index (χ1n) is 5.70. The van der Waals surface area contributed by atoms with Gasteiger partial charge in [0.15, 0.2) is 0 Å². The lowest BCUT2D eigenvalue weighted by Crippen LogP contribution is -2.41. The van der Waals surface area contributed by atoms with Crippen LogP contribution in [-0.2, 0) is 4.79 Å². The number of hydrogen-bond donors (Lipinski definition) is 0. The lowest BCUT2D eigenvalue weighted by atomic mass is 10.1. The van der Waals surface area contributed by atoms with Crippen LogP contribution in [0.1, 0.15) is 29.6 Å². The first-order chi connectivity index (χ1) is 7.77. The Hall–Kier alpha value is -1.64. The normalized spacial score (nSPS) is 27.5. The number of nitrogens with zero attached hydrogens (tertiary/aromatic N) is 1. The highest BCUT2D eigenvalue weighted by molar-refractivity contribution is 6.07. The number of amides is 2. The Morgan fingerprint density at radius 1 is 1.19 bits per heavy atom. The van der Waals surface area contributed by atoms with Gasteiger partial charge in [0, 0.05) is 17.5 Å². The molecule has 1 aliphatic heterocycles. The molecule has 2 fully saturated rings. The van der Waals surface area contributed by atoms with Gasteiger partial charge in [-0.1, -0.05) is 18.2 Å². The molecule has 2 bridgehead atoms. The molecule has 1 aromatic rings. The van der Waals surface area contributed by atoms with Crippen molar-refractivity contribution in [2.24, 2.45) is 5.92 Å². The summed E-state index contributed by atoms with van der Waals surface area (Å²) in [6, 6.07) is 9.21. The summed E-state index contributed by atoms with van der Waals surface area (Å²) in [5, 5.41) is 0. The largest absolute Gasteiger partial charge is 0.275 e. The minimum absolute atomic E-state index is 0.0325. The summed E-state index contributed by atoms with van der Waals surface area (Å²) in [5.41, 5.74) is 0.614. The SMILES string of the molecule is O=C(c1ccccc1)N1C(=O)[C@H]2CC[C@H]1C2. The molecule has 1 aromatic carbocycles. The molecule has 2 aliphatic rings. The molecule has 1 saturated carbocycles. The number of carbonyl (C=O) groups is 2. The predicted molar refractivity (Wildman–Crippen MR) is 58.7 cm³/mol. The number of imide groups is 1. The second-order valence-corrected chi connectivity index (χ2v) is 4.54. The Kier molecular flexibility index (Phi) is 2.06. The van der Waals surface area contributed by atoms with Gasteiger partial charge in [0.25, 0.3) is 5.91 Å². The van der Waals surface area contributed by atoms with Gasteiger partial charge in [0.1, 0.15) is 0 Å². The summed E-state index contributed by atoms with van der Waals surface area (Å²) in [6.45, 7) is 0. The smallest absolute Gasteiger partial charge is 0.260 e. The number of likely N-dealkylation sites (tertiary alicyclic amines) is 1. The molecule has 0 spiro atoms. The van der Waals surface area contributed by atoms with Gasteiger partial charge in [-0.05, 0) is 31.4 Å². The highest BCUT2D eigenvalue weighted by Gasteiger charge is 2.47. The van der Waals surface area contributed by atoms with Crippen LogP contribution in [0.25, 0.3) is 0 Å². The van der Waals surface area contributed by atoms with E-state index in [4.69, 9.17) is 0 Å². The van der Waals surface area contributed by atoms with Gasteiger partial charge in [-0.3, -0.25) is 14.5 Å². The third kappa shape index (κ3) is 1.28. The number of piperidine rings is 1. The molecule has 2 amide bonds. The fourth-order valence-electron chi connectivity index (χ4n) is 2.78. The molecule has 1 heterocycles. The van der Waals surface area contributed by atoms with Gasteiger partial charge in [-0.15, -0.1) is 0 Å². The molecule has 0 unspecified atom stereocenters. The van der Waals surface area contributed by atoms with Gasteiger partial charge >= 0.3 is 0 Å². The Labute approximate surface area is 94.1 Å². The molecular formula is C13H13NO2. The summed E-state index contributed by atoms with van der Waals surface area (Å²) in [6.07, 6.45) is 2.81. The molecular weight excluding hydrogens is 202 g/mol. The van der Waals surface area contributed by atoms with E-state index in [2.05, 4.69) is 0 Å². The van der Waals surface area contributed by atoms with E-state index < -0.39 is 0 Å². The monoisotopic (exact) mass is 215 g/mol. The van der Waals surface area contributed by atoms with E-state index in [0.29, 0.717) is 5.56 Å². The van der Waals surface area contributed by atoms with E-state index in [1.54, 1.807) is 12.1 Å². The van der Waals surface area contributed by atoms with Crippen molar-refractivity contribution in [2.75, 3.05) is 0 Å². The fraction of sp³-hybridized carbons (Fsp3) is 0.385. The summed E-state index contributed by atoms with van der Waals surface area (Å²) >= 11 is 0. The molecule has 2 atom stereocenters. The zero-order valence-electron chi connectivity index (χ0n) is 8.93. The molecule has 3 heteroatoms. The highest BCUT2D eigenvalue weighted by atomic mass is 16.2. The van der Waals surface area contributed by atoms with Crippen molar-refractivity contribution in [3.63, 3.8) is 0 Å². The van der Waals surface area contributed by atoms with Crippen LogP contribution in [0.3, 0.4) is 0 Å². The van der Waals surface area contributed by atoms with E-state index in [1.165, 1.54) is 4.90 Å². The predicted octanol–water partition coefficient (Wildman–Crippen LogP) is 1.84. The summed E-state index contributed by atoms with van der Waals surface area (Å²) < 4.78 is 0. The molecule has 1 saturated heterocycles. The minimum Gasteiger partial charge on any atom is -0.275 e. The molecule has 0 aromatic heterocycles. The topological polar surface area (TPSA) is 37.4 Å². The lowest BCUT2D eigenvalue weighted by Gasteiger charge is -2.25. The lowest BCUT2D eigenvalue weighted by molar-refractivity contribution is -0.131. The van der Waals surface area contributed by atoms with E-state index >= 15 is 0 Å². The van der Waals surface area contributed by atoms with E-state index in [0.717, 1.165) is 19.3 Å². The standard InChI is InChI=1S/C13H13NO2/c15-12(9-4-2-1-3-5-9)14-11-7-6-10(8-11)13(14)16/h1-5,10-11H,6-8H2/t10-,11-/m0/s1. The van der Waals surface area contributed by atoms with Gasteiger partial charge < -0.3 is 0 Å². The van der Waals surface area contributed by atoms with Crippen LogP contribution >= 0.6 is 0 Å². The average Bonchev–Trinajstić information content (AvgIpc) is 2.90. The average molecular weight is 215 g/mol. The van der Waals surface area contributed by atoms with Crippen molar-refractivity contribution in [2.45, 2.75) is 25.3 Å². The van der Waals surface area contributed by atoms with Gasteiger partial charge in [0.2, 0.25) is 5.91 Å². The van der Waals surface area contributed by atoms with Gasteiger partial charge in [0.05, 0.1) is 0 Å². The number of rotatable bonds is 1. The molecule has 82 valence electrons. The van der Waals surface area contributed by atoms with Crippen LogP contribution in [0.5, 0.6) is 0 Å². The van der Waals surface area contributed by atoms with Crippen molar-refractivity contribution in [1.82, 2.24) is 4.90 Å². The van der Waals surface area contributed by atoms with Gasteiger partial charge in [-0.2, -0.15) is 0 Å². The Morgan fingerprint density at radius 2 is 1.94 bits per heavy atom. The summed E-state index contributed by atoms with van der Waals surface area (Å²) in [5.74, 6) is 0.0144. The fourth-order valence-corrected chi connectivity index (χ4v) is 2.78. The van der Waals surface area contributed by atoms with Crippen molar-refractivity contribution >= 4 is 11.8 Å². The molecule has 16 heavy (non-hydrogen) atoms. The van der Waals surface area contributed by atoms with Crippen molar-refractivity contribution < 1.29 is 9.59 Å². The maximum atomic E-state index is 12.2. The van der Waals surface area contributed by atoms with Crippen LogP contribution in [-0.4, -0.2) is 22.8 Å². The molecule has 3 rings (SSSR count). The highest BCUT2D eigenvalue weighted by Crippen LogP contribution is 2.39. The minimum atomic E-state index is -0.127. The zero-order valence-corrected chi connectivity index (χ0v) is 8.93. The number of carbonyl (C=O) groups excluding carboxylic acids is 2. The van der Waals surface area contributed by atoms with Crippen molar-refractivity contribution in [1.29, 1.82) is 0 Å². The molecule has 1 aliphatic carbocycles. The zero-order chi connectivity index (χ0) is 11.1. The van der Waals surface area contributed by atoms with Crippen LogP contribution in [0.4, 0.5) is 0 Å². The molecule has 3 nitrogen and oxygen atoms in total.